The number of ketones is 2. The second-order valence-electron chi connectivity index (χ2n) is 11.1. The Labute approximate surface area is 230 Å². The van der Waals surface area contributed by atoms with E-state index in [1.165, 1.54) is 11.0 Å². The van der Waals surface area contributed by atoms with Crippen LogP contribution in [0.2, 0.25) is 5.02 Å². The van der Waals surface area contributed by atoms with Gasteiger partial charge >= 0.3 is 0 Å². The number of hydrogen-bond acceptors (Lipinski definition) is 10. The third-order valence-corrected chi connectivity index (χ3v) is 9.15. The minimum atomic E-state index is -2.67. The van der Waals surface area contributed by atoms with E-state index in [0.717, 1.165) is 6.42 Å². The third kappa shape index (κ3) is 3.98. The largest absolute Gasteiger partial charge is 0.508 e. The summed E-state index contributed by atoms with van der Waals surface area (Å²) in [4.78, 5) is 42.7. The van der Waals surface area contributed by atoms with Crippen molar-refractivity contribution in [2.75, 3.05) is 34.4 Å². The zero-order valence-electron chi connectivity index (χ0n) is 21.9. The van der Waals surface area contributed by atoms with Crippen LogP contribution in [0.3, 0.4) is 0 Å². The summed E-state index contributed by atoms with van der Waals surface area (Å²) in [5, 5.41) is 45.2. The molecular formula is C27H32ClN3O8. The number of primary amides is 1. The molecule has 3 aliphatic carbocycles. The van der Waals surface area contributed by atoms with E-state index in [1.807, 2.05) is 7.05 Å². The summed E-state index contributed by atoms with van der Waals surface area (Å²) in [6.07, 6.45) is 1.02. The molecule has 1 saturated carbocycles. The quantitative estimate of drug-likeness (QED) is 0.324. The maximum Gasteiger partial charge on any atom is 0.255 e. The summed E-state index contributed by atoms with van der Waals surface area (Å²) < 4.78 is 5.47. The minimum absolute atomic E-state index is 0.00635. The standard InChI is InChI=1S/C27H32ClN3O8/c1-30(2)21-15-7-11-6-14-18(16(32)8-12(20(14)28)9-31(3)13-4-5-39-10-13)22(33)17(11)24(35)27(15,38)25(36)19(23(21)34)26(29)37/h8,11,13,15,21,32-33,36,38H,4-7,9-10H2,1-3H3,(H2,29,37)/t11-,13?,15-,21-,27-/m0/s1. The van der Waals surface area contributed by atoms with Gasteiger partial charge in [-0.25, -0.2) is 0 Å². The van der Waals surface area contributed by atoms with Gasteiger partial charge in [0.25, 0.3) is 5.91 Å². The Hall–Kier alpha value is -2.96. The number of hydrogen-bond donors (Lipinski definition) is 5. The van der Waals surface area contributed by atoms with Crippen LogP contribution in [-0.2, 0) is 32.1 Å². The van der Waals surface area contributed by atoms with Gasteiger partial charge < -0.3 is 30.9 Å². The number of phenolic OH excluding ortho intramolecular Hbond substituents is 1. The van der Waals surface area contributed by atoms with Crippen molar-refractivity contribution in [3.63, 3.8) is 0 Å². The maximum atomic E-state index is 13.9. The molecular weight excluding hydrogens is 530 g/mol. The topological polar surface area (TPSA) is 174 Å². The molecule has 0 radical (unpaired) electrons. The van der Waals surface area contributed by atoms with Crippen molar-refractivity contribution in [3.8, 4) is 5.75 Å². The summed E-state index contributed by atoms with van der Waals surface area (Å²) in [5.74, 6) is -6.90. The number of aliphatic hydroxyl groups is 3. The fourth-order valence-electron chi connectivity index (χ4n) is 6.73. The normalized spacial score (nSPS) is 30.6. The molecule has 2 fully saturated rings. The number of aromatic hydroxyl groups is 1. The summed E-state index contributed by atoms with van der Waals surface area (Å²) in [7, 11) is 5.05. The third-order valence-electron chi connectivity index (χ3n) is 8.68. The molecule has 1 heterocycles. The Morgan fingerprint density at radius 2 is 1.92 bits per heavy atom. The molecule has 1 aromatic carbocycles. The Morgan fingerprint density at radius 1 is 1.23 bits per heavy atom. The number of rotatable bonds is 5. The van der Waals surface area contributed by atoms with Crippen LogP contribution in [0, 0.1) is 11.8 Å². The van der Waals surface area contributed by atoms with Crippen molar-refractivity contribution in [1.29, 1.82) is 0 Å². The molecule has 1 amide bonds. The molecule has 1 aliphatic heterocycles. The van der Waals surface area contributed by atoms with Gasteiger partial charge in [-0.1, -0.05) is 11.6 Å². The molecule has 0 spiro atoms. The predicted molar refractivity (Wildman–Crippen MR) is 140 cm³/mol. The van der Waals surface area contributed by atoms with E-state index < -0.39 is 58.0 Å². The first-order valence-corrected chi connectivity index (χ1v) is 13.1. The van der Waals surface area contributed by atoms with Crippen molar-refractivity contribution in [1.82, 2.24) is 9.80 Å². The first-order chi connectivity index (χ1) is 18.3. The number of ether oxygens (including phenoxy) is 1. The fraction of sp³-hybridized carbons (Fsp3) is 0.519. The number of phenols is 1. The lowest BCUT2D eigenvalue weighted by atomic mass is 9.57. The molecule has 4 aliphatic rings. The van der Waals surface area contributed by atoms with E-state index in [9.17, 15) is 34.8 Å². The minimum Gasteiger partial charge on any atom is -0.508 e. The van der Waals surface area contributed by atoms with Crippen LogP contribution in [0.15, 0.2) is 23.0 Å². The number of halogens is 1. The highest BCUT2D eigenvalue weighted by Gasteiger charge is 2.64. The van der Waals surface area contributed by atoms with Gasteiger partial charge in [-0.2, -0.15) is 0 Å². The van der Waals surface area contributed by atoms with E-state index in [1.54, 1.807) is 14.1 Å². The SMILES string of the molecule is CN(Cc1cc(O)c2c(c1Cl)C[C@H]1C[C@H]3[C@H](N(C)C)C(=O)C(C(N)=O)=C(O)[C@@]3(O)C(=O)C1=C2O)C1CCOC1. The van der Waals surface area contributed by atoms with Crippen LogP contribution < -0.4 is 5.73 Å². The second kappa shape index (κ2) is 9.60. The number of amides is 1. The molecule has 0 bridgehead atoms. The number of carbonyl (C=O) groups is 3. The molecule has 1 saturated heterocycles. The lowest BCUT2D eigenvalue weighted by Crippen LogP contribution is -2.65. The number of fused-ring (bicyclic) bond motifs is 3. The van der Waals surface area contributed by atoms with Crippen LogP contribution in [-0.4, -0.2) is 99.7 Å². The summed E-state index contributed by atoms with van der Waals surface area (Å²) in [6, 6.07) is 0.504. The highest BCUT2D eigenvalue weighted by atomic mass is 35.5. The summed E-state index contributed by atoms with van der Waals surface area (Å²) in [5.41, 5.74) is 2.70. The van der Waals surface area contributed by atoms with E-state index in [0.29, 0.717) is 35.9 Å². The van der Waals surface area contributed by atoms with Crippen LogP contribution in [0.1, 0.15) is 29.5 Å². The molecule has 1 aromatic rings. The highest BCUT2D eigenvalue weighted by molar-refractivity contribution is 6.32. The van der Waals surface area contributed by atoms with Gasteiger partial charge in [0.2, 0.25) is 5.78 Å². The van der Waals surface area contributed by atoms with Crippen LogP contribution in [0.25, 0.3) is 5.76 Å². The first kappa shape index (κ1) is 27.6. The summed E-state index contributed by atoms with van der Waals surface area (Å²) in [6.45, 7) is 1.69. The Balaban J connectivity index is 1.62. The number of nitrogens with zero attached hydrogens (tertiary/aromatic N) is 2. The molecule has 1 unspecified atom stereocenters. The number of Topliss-reactive ketones (excluding diaryl/α,β-unsaturated/α-hetero) is 2. The van der Waals surface area contributed by atoms with Crippen molar-refractivity contribution in [2.24, 2.45) is 17.6 Å². The van der Waals surface area contributed by atoms with Crippen molar-refractivity contribution in [3.05, 3.63) is 44.7 Å². The molecule has 11 nitrogen and oxygen atoms in total. The number of carbonyl (C=O) groups excluding carboxylic acids is 3. The lowest BCUT2D eigenvalue weighted by Gasteiger charge is -2.50. The molecule has 39 heavy (non-hydrogen) atoms. The number of benzene rings is 1. The first-order valence-electron chi connectivity index (χ1n) is 12.8. The zero-order valence-corrected chi connectivity index (χ0v) is 22.7. The lowest BCUT2D eigenvalue weighted by molar-refractivity contribution is -0.153. The van der Waals surface area contributed by atoms with Crippen molar-refractivity contribution >= 4 is 34.8 Å². The van der Waals surface area contributed by atoms with Gasteiger partial charge in [0.1, 0.15) is 22.8 Å². The van der Waals surface area contributed by atoms with Gasteiger partial charge in [-0.05, 0) is 63.5 Å². The monoisotopic (exact) mass is 561 g/mol. The molecule has 12 heteroatoms. The van der Waals surface area contributed by atoms with E-state index in [2.05, 4.69) is 4.90 Å². The summed E-state index contributed by atoms with van der Waals surface area (Å²) >= 11 is 6.83. The van der Waals surface area contributed by atoms with Crippen LogP contribution >= 0.6 is 11.6 Å². The molecule has 6 N–H and O–H groups in total. The van der Waals surface area contributed by atoms with Crippen molar-refractivity contribution < 1.29 is 39.5 Å². The van der Waals surface area contributed by atoms with Gasteiger partial charge in [-0.3, -0.25) is 24.2 Å². The second-order valence-corrected chi connectivity index (χ2v) is 11.5. The van der Waals surface area contributed by atoms with Gasteiger partial charge in [0.15, 0.2) is 11.4 Å². The van der Waals surface area contributed by atoms with E-state index in [-0.39, 0.29) is 35.8 Å². The Bertz CT molecular complexity index is 1350. The zero-order chi connectivity index (χ0) is 28.5. The average molecular weight is 562 g/mol. The van der Waals surface area contributed by atoms with E-state index >= 15 is 0 Å². The van der Waals surface area contributed by atoms with Gasteiger partial charge in [0.05, 0.1) is 18.2 Å². The fourth-order valence-corrected chi connectivity index (χ4v) is 7.02. The van der Waals surface area contributed by atoms with Crippen molar-refractivity contribution in [2.45, 2.75) is 43.5 Å². The average Bonchev–Trinajstić information content (AvgIpc) is 3.39. The van der Waals surface area contributed by atoms with Gasteiger partial charge in [0, 0.05) is 35.7 Å². The molecule has 5 rings (SSSR count). The number of nitrogens with two attached hydrogens (primary N) is 1. The molecule has 5 atom stereocenters. The predicted octanol–water partition coefficient (Wildman–Crippen LogP) is 0.838. The number of aliphatic hydroxyl groups excluding tert-OH is 2. The number of likely N-dealkylation sites (N-methyl/N-ethyl adjacent to an activating group) is 2. The Kier molecular flexibility index (Phi) is 6.79. The molecule has 210 valence electrons. The van der Waals surface area contributed by atoms with Gasteiger partial charge in [-0.15, -0.1) is 0 Å². The molecule has 0 aromatic heterocycles. The van der Waals surface area contributed by atoms with E-state index in [4.69, 9.17) is 22.1 Å². The maximum absolute atomic E-state index is 13.9. The Morgan fingerprint density at radius 3 is 2.51 bits per heavy atom. The van der Waals surface area contributed by atoms with Crippen LogP contribution in [0.4, 0.5) is 0 Å². The highest BCUT2D eigenvalue weighted by Crippen LogP contribution is 2.53. The smallest absolute Gasteiger partial charge is 0.255 e. The van der Waals surface area contributed by atoms with Crippen LogP contribution in [0.5, 0.6) is 5.75 Å².